The van der Waals surface area contributed by atoms with E-state index in [1.165, 1.54) is 0 Å². The summed E-state index contributed by atoms with van der Waals surface area (Å²) in [6.07, 6.45) is 2.85. The average molecular weight is 141 g/mol. The summed E-state index contributed by atoms with van der Waals surface area (Å²) in [7, 11) is 0. The first-order valence-corrected chi connectivity index (χ1v) is 3.67. The molecule has 1 unspecified atom stereocenters. The summed E-state index contributed by atoms with van der Waals surface area (Å²) in [5.41, 5.74) is 0.172. The molecule has 1 spiro atoms. The van der Waals surface area contributed by atoms with Gasteiger partial charge in [-0.25, -0.2) is 0 Å². The monoisotopic (exact) mass is 141 g/mol. The predicted molar refractivity (Wildman–Crippen MR) is 35.3 cm³/mol. The lowest BCUT2D eigenvalue weighted by Gasteiger charge is -2.12. The number of hydrogen-bond acceptors (Lipinski definition) is 2. The lowest BCUT2D eigenvalue weighted by Crippen LogP contribution is -2.33. The van der Waals surface area contributed by atoms with Gasteiger partial charge in [-0.3, -0.25) is 4.79 Å². The van der Waals surface area contributed by atoms with Crippen LogP contribution < -0.4 is 5.32 Å². The number of hydrogen-bond donors (Lipinski definition) is 2. The summed E-state index contributed by atoms with van der Waals surface area (Å²) < 4.78 is 0. The third kappa shape index (κ3) is 0.669. The Labute approximate surface area is 59.4 Å². The van der Waals surface area contributed by atoms with E-state index >= 15 is 0 Å². The summed E-state index contributed by atoms with van der Waals surface area (Å²) in [6, 6.07) is 0.0556. The van der Waals surface area contributed by atoms with Crippen molar-refractivity contribution in [2.45, 2.75) is 25.3 Å². The molecule has 2 rings (SSSR count). The fourth-order valence-corrected chi connectivity index (χ4v) is 1.77. The molecule has 0 aromatic carbocycles. The lowest BCUT2D eigenvalue weighted by atomic mass is 9.98. The topological polar surface area (TPSA) is 49.3 Å². The minimum Gasteiger partial charge on any atom is -0.394 e. The second-order valence-electron chi connectivity index (χ2n) is 3.34. The molecule has 0 aromatic rings. The van der Waals surface area contributed by atoms with Gasteiger partial charge in [-0.2, -0.15) is 0 Å². The first-order chi connectivity index (χ1) is 4.77. The Hall–Kier alpha value is -0.570. The molecule has 2 aliphatic rings. The van der Waals surface area contributed by atoms with Crippen LogP contribution in [0.1, 0.15) is 19.3 Å². The molecule has 1 atom stereocenters. The molecule has 0 aromatic heterocycles. The van der Waals surface area contributed by atoms with Crippen LogP contribution in [-0.2, 0) is 4.79 Å². The van der Waals surface area contributed by atoms with Crippen molar-refractivity contribution in [1.82, 2.24) is 5.32 Å². The molecular formula is C7H11NO2. The molecule has 0 bridgehead atoms. The van der Waals surface area contributed by atoms with Gasteiger partial charge in [-0.1, -0.05) is 0 Å². The summed E-state index contributed by atoms with van der Waals surface area (Å²) >= 11 is 0. The SMILES string of the molecule is O=C1CC2(CC2)C(CO)N1. The molecule has 2 fully saturated rings. The standard InChI is InChI=1S/C7H11NO2/c9-4-5-7(1-2-7)3-6(10)8-5/h5,9H,1-4H2,(H,8,10). The zero-order valence-electron chi connectivity index (χ0n) is 5.76. The number of aliphatic hydroxyl groups excluding tert-OH is 1. The van der Waals surface area contributed by atoms with Crippen LogP contribution in [0.15, 0.2) is 0 Å². The number of nitrogens with one attached hydrogen (secondary N) is 1. The summed E-state index contributed by atoms with van der Waals surface area (Å²) in [6.45, 7) is 0.103. The Morgan fingerprint density at radius 3 is 2.80 bits per heavy atom. The van der Waals surface area contributed by atoms with Gasteiger partial charge in [0.1, 0.15) is 0 Å². The van der Waals surface area contributed by atoms with Crippen LogP contribution in [0.25, 0.3) is 0 Å². The van der Waals surface area contributed by atoms with Crippen molar-refractivity contribution in [3.63, 3.8) is 0 Å². The molecule has 1 saturated carbocycles. The van der Waals surface area contributed by atoms with E-state index in [0.29, 0.717) is 6.42 Å². The van der Waals surface area contributed by atoms with E-state index in [-0.39, 0.29) is 24.0 Å². The maximum Gasteiger partial charge on any atom is 0.220 e. The Balaban J connectivity index is 2.13. The van der Waals surface area contributed by atoms with Crippen molar-refractivity contribution in [2.24, 2.45) is 5.41 Å². The van der Waals surface area contributed by atoms with E-state index < -0.39 is 0 Å². The second-order valence-corrected chi connectivity index (χ2v) is 3.34. The van der Waals surface area contributed by atoms with Gasteiger partial charge in [-0.15, -0.1) is 0 Å². The Morgan fingerprint density at radius 1 is 1.70 bits per heavy atom. The molecule has 56 valence electrons. The summed E-state index contributed by atoms with van der Waals surface area (Å²) in [5, 5.41) is 11.6. The van der Waals surface area contributed by atoms with Crippen LogP contribution in [0, 0.1) is 5.41 Å². The van der Waals surface area contributed by atoms with Crippen molar-refractivity contribution in [2.75, 3.05) is 6.61 Å². The van der Waals surface area contributed by atoms with E-state index in [2.05, 4.69) is 5.32 Å². The molecule has 1 aliphatic heterocycles. The highest BCUT2D eigenvalue weighted by Gasteiger charge is 2.54. The predicted octanol–water partition coefficient (Wildman–Crippen LogP) is -0.353. The van der Waals surface area contributed by atoms with Gasteiger partial charge in [0, 0.05) is 11.8 Å². The van der Waals surface area contributed by atoms with E-state index in [1.54, 1.807) is 0 Å². The number of carbonyl (C=O) groups excluding carboxylic acids is 1. The van der Waals surface area contributed by atoms with Crippen LogP contribution in [0.4, 0.5) is 0 Å². The molecule has 1 aliphatic carbocycles. The fraction of sp³-hybridized carbons (Fsp3) is 0.857. The minimum atomic E-state index is 0.0556. The summed E-state index contributed by atoms with van der Waals surface area (Å²) in [4.78, 5) is 10.8. The zero-order chi connectivity index (χ0) is 7.19. The normalized spacial score (nSPS) is 34.5. The second kappa shape index (κ2) is 1.72. The van der Waals surface area contributed by atoms with Crippen molar-refractivity contribution in [3.8, 4) is 0 Å². The maximum atomic E-state index is 10.8. The van der Waals surface area contributed by atoms with E-state index in [0.717, 1.165) is 12.8 Å². The molecule has 10 heavy (non-hydrogen) atoms. The number of amides is 1. The molecule has 3 heteroatoms. The van der Waals surface area contributed by atoms with Crippen LogP contribution in [0.2, 0.25) is 0 Å². The first-order valence-electron chi connectivity index (χ1n) is 3.67. The van der Waals surface area contributed by atoms with Crippen molar-refractivity contribution in [3.05, 3.63) is 0 Å². The highest BCUT2D eigenvalue weighted by molar-refractivity contribution is 5.80. The van der Waals surface area contributed by atoms with Crippen molar-refractivity contribution < 1.29 is 9.90 Å². The molecule has 2 N–H and O–H groups in total. The first kappa shape index (κ1) is 6.16. The largest absolute Gasteiger partial charge is 0.394 e. The molecule has 1 saturated heterocycles. The number of rotatable bonds is 1. The quantitative estimate of drug-likeness (QED) is 0.524. The highest BCUT2D eigenvalue weighted by Crippen LogP contribution is 2.54. The van der Waals surface area contributed by atoms with Gasteiger partial charge < -0.3 is 10.4 Å². The Morgan fingerprint density at radius 2 is 2.40 bits per heavy atom. The van der Waals surface area contributed by atoms with Crippen LogP contribution >= 0.6 is 0 Å². The van der Waals surface area contributed by atoms with Crippen molar-refractivity contribution in [1.29, 1.82) is 0 Å². The minimum absolute atomic E-state index is 0.0556. The summed E-state index contributed by atoms with van der Waals surface area (Å²) in [5.74, 6) is 0.108. The van der Waals surface area contributed by atoms with Gasteiger partial charge in [0.15, 0.2) is 0 Å². The fourth-order valence-electron chi connectivity index (χ4n) is 1.77. The zero-order valence-corrected chi connectivity index (χ0v) is 5.76. The van der Waals surface area contributed by atoms with E-state index in [9.17, 15) is 4.79 Å². The van der Waals surface area contributed by atoms with E-state index in [4.69, 9.17) is 5.11 Å². The third-order valence-electron chi connectivity index (χ3n) is 2.66. The Kier molecular flexibility index (Phi) is 1.06. The average Bonchev–Trinajstić information content (AvgIpc) is 2.55. The molecule has 0 radical (unpaired) electrons. The van der Waals surface area contributed by atoms with Crippen LogP contribution in [-0.4, -0.2) is 23.7 Å². The van der Waals surface area contributed by atoms with Crippen LogP contribution in [0.3, 0.4) is 0 Å². The van der Waals surface area contributed by atoms with Gasteiger partial charge in [0.2, 0.25) is 5.91 Å². The van der Waals surface area contributed by atoms with Crippen LogP contribution in [0.5, 0.6) is 0 Å². The molecule has 1 heterocycles. The van der Waals surface area contributed by atoms with Gasteiger partial charge >= 0.3 is 0 Å². The highest BCUT2D eigenvalue weighted by atomic mass is 16.3. The molecular weight excluding hydrogens is 130 g/mol. The lowest BCUT2D eigenvalue weighted by molar-refractivity contribution is -0.119. The number of carbonyl (C=O) groups is 1. The maximum absolute atomic E-state index is 10.8. The Bertz CT molecular complexity index is 174. The third-order valence-corrected chi connectivity index (χ3v) is 2.66. The van der Waals surface area contributed by atoms with E-state index in [1.807, 2.05) is 0 Å². The number of aliphatic hydroxyl groups is 1. The molecule has 3 nitrogen and oxygen atoms in total. The molecule has 1 amide bonds. The van der Waals surface area contributed by atoms with Crippen molar-refractivity contribution >= 4 is 5.91 Å². The smallest absolute Gasteiger partial charge is 0.220 e. The van der Waals surface area contributed by atoms with Gasteiger partial charge in [0.05, 0.1) is 12.6 Å². The van der Waals surface area contributed by atoms with Gasteiger partial charge in [-0.05, 0) is 12.8 Å². The van der Waals surface area contributed by atoms with Gasteiger partial charge in [0.25, 0.3) is 0 Å².